The molecule has 1 N–H and O–H groups in total. The summed E-state index contributed by atoms with van der Waals surface area (Å²) in [6, 6.07) is 6.10. The van der Waals surface area contributed by atoms with Gasteiger partial charge in [0.2, 0.25) is 11.6 Å². The van der Waals surface area contributed by atoms with Gasteiger partial charge in [-0.3, -0.25) is 9.59 Å². The van der Waals surface area contributed by atoms with Crippen molar-refractivity contribution in [2.24, 2.45) is 0 Å². The van der Waals surface area contributed by atoms with E-state index in [4.69, 9.17) is 4.74 Å². The van der Waals surface area contributed by atoms with Crippen molar-refractivity contribution in [1.82, 2.24) is 15.5 Å². The molecule has 0 spiro atoms. The molecule has 0 unspecified atom stereocenters. The Morgan fingerprint density at radius 3 is 2.50 bits per heavy atom. The van der Waals surface area contributed by atoms with Crippen LogP contribution in [0.5, 0.6) is 0 Å². The van der Waals surface area contributed by atoms with Gasteiger partial charge in [-0.1, -0.05) is 36.3 Å². The fourth-order valence-corrected chi connectivity index (χ4v) is 1.88. The van der Waals surface area contributed by atoms with Crippen LogP contribution in [0.2, 0.25) is 0 Å². The Hall–Kier alpha value is -2.75. The number of hydrogen-bond donors (Lipinski definition) is 1. The van der Waals surface area contributed by atoms with Gasteiger partial charge in [-0.2, -0.15) is 18.2 Å². The van der Waals surface area contributed by atoms with Crippen LogP contribution in [0.25, 0.3) is 11.4 Å². The maximum absolute atomic E-state index is 12.4. The second-order valence-corrected chi connectivity index (χ2v) is 5.28. The number of amides is 1. The molecule has 1 aromatic carbocycles. The highest BCUT2D eigenvalue weighted by Gasteiger charge is 2.38. The lowest BCUT2D eigenvalue weighted by Crippen LogP contribution is -2.33. The Kier molecular flexibility index (Phi) is 6.45. The fourth-order valence-electron chi connectivity index (χ4n) is 1.88. The number of nitrogens with one attached hydrogen (secondary N) is 1. The minimum Gasteiger partial charge on any atom is -0.373 e. The normalized spacial score (nSPS) is 11.4. The SMILES string of the molecule is CCCOCC(=O)C(=O)NCc1ccc(-c2noc(C(F)(F)F)n2)cc1. The minimum atomic E-state index is -4.71. The Morgan fingerprint density at radius 2 is 1.92 bits per heavy atom. The van der Waals surface area contributed by atoms with Crippen LogP contribution in [0.4, 0.5) is 13.2 Å². The highest BCUT2D eigenvalue weighted by atomic mass is 19.4. The second kappa shape index (κ2) is 8.56. The molecule has 0 atom stereocenters. The average molecular weight is 371 g/mol. The van der Waals surface area contributed by atoms with Gasteiger partial charge in [-0.15, -0.1) is 0 Å². The molecular formula is C16H16F3N3O4. The Morgan fingerprint density at radius 1 is 1.23 bits per heavy atom. The molecule has 1 amide bonds. The van der Waals surface area contributed by atoms with E-state index in [9.17, 15) is 22.8 Å². The molecule has 0 aliphatic rings. The number of rotatable bonds is 8. The number of nitrogens with zero attached hydrogens (tertiary/aromatic N) is 2. The van der Waals surface area contributed by atoms with Crippen molar-refractivity contribution in [2.45, 2.75) is 26.1 Å². The molecule has 1 aromatic heterocycles. The number of ketones is 1. The standard InChI is InChI=1S/C16H16F3N3O4/c1-2-7-25-9-12(23)14(24)20-8-10-3-5-11(6-4-10)13-21-15(26-22-13)16(17,18)19/h3-6H,2,7-9H2,1H3,(H,20,24). The number of halogens is 3. The van der Waals surface area contributed by atoms with E-state index in [-0.39, 0.29) is 19.0 Å². The first-order valence-corrected chi connectivity index (χ1v) is 7.70. The number of carbonyl (C=O) groups is 2. The van der Waals surface area contributed by atoms with Crippen LogP contribution >= 0.6 is 0 Å². The van der Waals surface area contributed by atoms with E-state index in [1.54, 1.807) is 12.1 Å². The van der Waals surface area contributed by atoms with Crippen LogP contribution in [0.15, 0.2) is 28.8 Å². The summed E-state index contributed by atoms with van der Waals surface area (Å²) < 4.78 is 46.5. The highest BCUT2D eigenvalue weighted by molar-refractivity contribution is 6.36. The first-order chi connectivity index (χ1) is 12.3. The molecule has 0 saturated carbocycles. The van der Waals surface area contributed by atoms with Gasteiger partial charge in [0.15, 0.2) is 0 Å². The van der Waals surface area contributed by atoms with Crippen molar-refractivity contribution in [3.8, 4) is 11.4 Å². The topological polar surface area (TPSA) is 94.3 Å². The van der Waals surface area contributed by atoms with Gasteiger partial charge in [-0.25, -0.2) is 0 Å². The second-order valence-electron chi connectivity index (χ2n) is 5.28. The smallest absolute Gasteiger partial charge is 0.373 e. The van der Waals surface area contributed by atoms with Crippen molar-refractivity contribution in [3.63, 3.8) is 0 Å². The number of benzene rings is 1. The molecule has 2 aromatic rings. The largest absolute Gasteiger partial charge is 0.471 e. The quantitative estimate of drug-likeness (QED) is 0.566. The van der Waals surface area contributed by atoms with Crippen LogP contribution in [-0.4, -0.2) is 35.0 Å². The molecule has 0 radical (unpaired) electrons. The van der Waals surface area contributed by atoms with E-state index >= 15 is 0 Å². The zero-order valence-electron chi connectivity index (χ0n) is 13.8. The Bertz CT molecular complexity index is 757. The van der Waals surface area contributed by atoms with Crippen LogP contribution in [0.1, 0.15) is 24.8 Å². The number of ether oxygens (including phenoxy) is 1. The first-order valence-electron chi connectivity index (χ1n) is 7.70. The molecule has 7 nitrogen and oxygen atoms in total. The third-order valence-corrected chi connectivity index (χ3v) is 3.17. The summed E-state index contributed by atoms with van der Waals surface area (Å²) in [5.74, 6) is -3.07. The van der Waals surface area contributed by atoms with Crippen LogP contribution in [-0.2, 0) is 27.0 Å². The summed E-state index contributed by atoms with van der Waals surface area (Å²) >= 11 is 0. The van der Waals surface area contributed by atoms with E-state index in [0.717, 1.165) is 6.42 Å². The van der Waals surface area contributed by atoms with E-state index in [2.05, 4.69) is 20.0 Å². The lowest BCUT2D eigenvalue weighted by molar-refractivity contribution is -0.159. The van der Waals surface area contributed by atoms with Crippen LogP contribution in [0, 0.1) is 0 Å². The third-order valence-electron chi connectivity index (χ3n) is 3.17. The highest BCUT2D eigenvalue weighted by Crippen LogP contribution is 2.29. The summed E-state index contributed by atoms with van der Waals surface area (Å²) in [7, 11) is 0. The lowest BCUT2D eigenvalue weighted by atomic mass is 10.1. The number of hydrogen-bond acceptors (Lipinski definition) is 6. The van der Waals surface area contributed by atoms with Gasteiger partial charge in [0, 0.05) is 18.7 Å². The zero-order valence-corrected chi connectivity index (χ0v) is 13.8. The molecule has 0 aliphatic heterocycles. The molecule has 0 saturated heterocycles. The van der Waals surface area contributed by atoms with Gasteiger partial charge in [0.05, 0.1) is 0 Å². The number of carbonyl (C=O) groups excluding carboxylic acids is 2. The lowest BCUT2D eigenvalue weighted by Gasteiger charge is -2.05. The molecule has 0 fully saturated rings. The Labute approximate surface area is 146 Å². The van der Waals surface area contributed by atoms with E-state index in [0.29, 0.717) is 17.7 Å². The predicted molar refractivity (Wildman–Crippen MR) is 82.7 cm³/mol. The van der Waals surface area contributed by atoms with Gasteiger partial charge in [0.25, 0.3) is 5.91 Å². The zero-order chi connectivity index (χ0) is 19.2. The molecule has 0 bridgehead atoms. The maximum atomic E-state index is 12.4. The van der Waals surface area contributed by atoms with Gasteiger partial charge in [-0.05, 0) is 12.0 Å². The van der Waals surface area contributed by atoms with Gasteiger partial charge < -0.3 is 14.6 Å². The molecule has 26 heavy (non-hydrogen) atoms. The predicted octanol–water partition coefficient (Wildman–Crippen LogP) is 2.37. The number of alkyl halides is 3. The number of aromatic nitrogens is 2. The summed E-state index contributed by atoms with van der Waals surface area (Å²) in [4.78, 5) is 26.4. The van der Waals surface area contributed by atoms with E-state index in [1.165, 1.54) is 12.1 Å². The van der Waals surface area contributed by atoms with Crippen molar-refractivity contribution in [2.75, 3.05) is 13.2 Å². The molecule has 140 valence electrons. The number of Topliss-reactive ketones (excluding diaryl/α,β-unsaturated/α-hetero) is 1. The fraction of sp³-hybridized carbons (Fsp3) is 0.375. The van der Waals surface area contributed by atoms with Crippen molar-refractivity contribution in [3.05, 3.63) is 35.7 Å². The van der Waals surface area contributed by atoms with Crippen molar-refractivity contribution < 1.29 is 32.0 Å². The molecular weight excluding hydrogens is 355 g/mol. The summed E-state index contributed by atoms with van der Waals surface area (Å²) in [5.41, 5.74) is 0.965. The van der Waals surface area contributed by atoms with E-state index in [1.807, 2.05) is 6.92 Å². The monoisotopic (exact) mass is 371 g/mol. The van der Waals surface area contributed by atoms with E-state index < -0.39 is 23.8 Å². The van der Waals surface area contributed by atoms with Gasteiger partial charge >= 0.3 is 12.1 Å². The van der Waals surface area contributed by atoms with Crippen molar-refractivity contribution >= 4 is 11.7 Å². The molecule has 1 heterocycles. The average Bonchev–Trinajstić information content (AvgIpc) is 3.10. The summed E-state index contributed by atoms with van der Waals surface area (Å²) in [5, 5.41) is 5.72. The minimum absolute atomic E-state index is 0.0820. The van der Waals surface area contributed by atoms with Crippen LogP contribution < -0.4 is 5.32 Å². The van der Waals surface area contributed by atoms with Crippen molar-refractivity contribution in [1.29, 1.82) is 0 Å². The maximum Gasteiger partial charge on any atom is 0.471 e. The Balaban J connectivity index is 1.90. The molecule has 0 aliphatic carbocycles. The molecule has 2 rings (SSSR count). The van der Waals surface area contributed by atoms with Crippen LogP contribution in [0.3, 0.4) is 0 Å². The first kappa shape index (κ1) is 19.6. The van der Waals surface area contributed by atoms with Gasteiger partial charge in [0.1, 0.15) is 6.61 Å². The summed E-state index contributed by atoms with van der Waals surface area (Å²) in [6.45, 7) is 2.08. The summed E-state index contributed by atoms with van der Waals surface area (Å²) in [6.07, 6.45) is -3.96. The third kappa shape index (κ3) is 5.38. The molecule has 10 heteroatoms.